The highest BCUT2D eigenvalue weighted by Gasteiger charge is 2.08. The fourth-order valence-corrected chi connectivity index (χ4v) is 1.61. The lowest BCUT2D eigenvalue weighted by molar-refractivity contribution is 0.193. The molecule has 0 bridgehead atoms. The Kier molecular flexibility index (Phi) is 1.13. The predicted molar refractivity (Wildman–Crippen MR) is 46.6 cm³/mol. The van der Waals surface area contributed by atoms with E-state index in [1.807, 2.05) is 24.5 Å². The van der Waals surface area contributed by atoms with Gasteiger partial charge in [-0.25, -0.2) is 9.98 Å². The molecule has 4 nitrogen and oxygen atoms in total. The SMILES string of the molecule is OC1N=c2ccc3c[nH]cc3c2=N1. The summed E-state index contributed by atoms with van der Waals surface area (Å²) in [5.74, 6) is 0. The Morgan fingerprint density at radius 2 is 2.15 bits per heavy atom. The number of H-pyrrole nitrogens is 1. The van der Waals surface area contributed by atoms with Crippen LogP contribution in [-0.4, -0.2) is 16.4 Å². The normalized spacial score (nSPS) is 19.6. The lowest BCUT2D eigenvalue weighted by Crippen LogP contribution is -2.21. The summed E-state index contributed by atoms with van der Waals surface area (Å²) in [6.45, 7) is 0. The Bertz CT molecular complexity index is 584. The quantitative estimate of drug-likeness (QED) is 0.564. The number of nitrogens with one attached hydrogen (secondary N) is 1. The molecule has 1 aromatic heterocycles. The van der Waals surface area contributed by atoms with Gasteiger partial charge in [-0.2, -0.15) is 0 Å². The molecule has 64 valence electrons. The van der Waals surface area contributed by atoms with Gasteiger partial charge in [0.15, 0.2) is 0 Å². The Morgan fingerprint density at radius 1 is 1.23 bits per heavy atom. The molecule has 3 rings (SSSR count). The number of aliphatic hydroxyl groups excluding tert-OH is 1. The zero-order valence-electron chi connectivity index (χ0n) is 6.73. The highest BCUT2D eigenvalue weighted by Crippen LogP contribution is 2.06. The van der Waals surface area contributed by atoms with Gasteiger partial charge in [-0.3, -0.25) is 0 Å². The van der Waals surface area contributed by atoms with E-state index in [9.17, 15) is 5.11 Å². The number of nitrogens with zero attached hydrogens (tertiary/aromatic N) is 2. The summed E-state index contributed by atoms with van der Waals surface area (Å²) >= 11 is 0. The van der Waals surface area contributed by atoms with Gasteiger partial charge in [0, 0.05) is 23.2 Å². The summed E-state index contributed by atoms with van der Waals surface area (Å²) in [4.78, 5) is 11.0. The molecule has 0 radical (unpaired) electrons. The van der Waals surface area contributed by atoms with Crippen molar-refractivity contribution >= 4 is 10.8 Å². The van der Waals surface area contributed by atoms with E-state index in [1.54, 1.807) is 0 Å². The van der Waals surface area contributed by atoms with E-state index in [0.717, 1.165) is 21.5 Å². The summed E-state index contributed by atoms with van der Waals surface area (Å²) in [6.07, 6.45) is 2.84. The predicted octanol–water partition coefficient (Wildman–Crippen LogP) is -0.303. The number of hydrogen-bond donors (Lipinski definition) is 2. The minimum atomic E-state index is -0.921. The Balaban J connectivity index is 2.62. The lowest BCUT2D eigenvalue weighted by atomic mass is 10.2. The van der Waals surface area contributed by atoms with Gasteiger partial charge >= 0.3 is 0 Å². The minimum absolute atomic E-state index is 0.764. The first-order chi connectivity index (χ1) is 6.34. The van der Waals surface area contributed by atoms with Crippen molar-refractivity contribution in [3.8, 4) is 0 Å². The average molecular weight is 173 g/mol. The molecule has 0 aliphatic carbocycles. The Morgan fingerprint density at radius 3 is 3.08 bits per heavy atom. The van der Waals surface area contributed by atoms with Gasteiger partial charge in [0.1, 0.15) is 0 Å². The van der Waals surface area contributed by atoms with E-state index < -0.39 is 6.35 Å². The second-order valence-corrected chi connectivity index (χ2v) is 3.00. The number of benzene rings is 1. The van der Waals surface area contributed by atoms with Crippen LogP contribution >= 0.6 is 0 Å². The zero-order chi connectivity index (χ0) is 8.84. The molecule has 1 aromatic carbocycles. The van der Waals surface area contributed by atoms with Crippen LogP contribution < -0.4 is 10.7 Å². The van der Waals surface area contributed by atoms with Crippen LogP contribution in [0.2, 0.25) is 0 Å². The molecule has 1 aliphatic heterocycles. The second-order valence-electron chi connectivity index (χ2n) is 3.00. The first kappa shape index (κ1) is 6.80. The molecule has 13 heavy (non-hydrogen) atoms. The molecule has 1 unspecified atom stereocenters. The summed E-state index contributed by atoms with van der Waals surface area (Å²) in [5, 5.41) is 12.9. The highest BCUT2D eigenvalue weighted by molar-refractivity contribution is 5.81. The van der Waals surface area contributed by atoms with Crippen molar-refractivity contribution in [2.75, 3.05) is 0 Å². The molecular weight excluding hydrogens is 166 g/mol. The maximum Gasteiger partial charge on any atom is 0.244 e. The van der Waals surface area contributed by atoms with Gasteiger partial charge in [-0.05, 0) is 6.07 Å². The fourth-order valence-electron chi connectivity index (χ4n) is 1.61. The van der Waals surface area contributed by atoms with Crippen molar-refractivity contribution in [1.29, 1.82) is 0 Å². The van der Waals surface area contributed by atoms with E-state index >= 15 is 0 Å². The monoisotopic (exact) mass is 173 g/mol. The van der Waals surface area contributed by atoms with Crippen LogP contribution in [0, 0.1) is 0 Å². The smallest absolute Gasteiger partial charge is 0.244 e. The number of fused-ring (bicyclic) bond motifs is 3. The van der Waals surface area contributed by atoms with E-state index in [2.05, 4.69) is 15.0 Å². The first-order valence-electron chi connectivity index (χ1n) is 4.04. The third-order valence-electron chi connectivity index (χ3n) is 2.20. The molecule has 1 atom stereocenters. The highest BCUT2D eigenvalue weighted by atomic mass is 16.3. The van der Waals surface area contributed by atoms with Crippen LogP contribution in [-0.2, 0) is 0 Å². The van der Waals surface area contributed by atoms with Crippen LogP contribution in [0.3, 0.4) is 0 Å². The molecular formula is C9H7N3O. The fraction of sp³-hybridized carbons (Fsp3) is 0.111. The van der Waals surface area contributed by atoms with Gasteiger partial charge in [0.25, 0.3) is 0 Å². The van der Waals surface area contributed by atoms with Gasteiger partial charge < -0.3 is 10.1 Å². The van der Waals surface area contributed by atoms with Gasteiger partial charge in [0.2, 0.25) is 6.35 Å². The average Bonchev–Trinajstić information content (AvgIpc) is 2.65. The summed E-state index contributed by atoms with van der Waals surface area (Å²) in [7, 11) is 0. The molecule has 0 fully saturated rings. The largest absolute Gasteiger partial charge is 0.366 e. The lowest BCUT2D eigenvalue weighted by Gasteiger charge is -1.86. The van der Waals surface area contributed by atoms with Gasteiger partial charge in [0.05, 0.1) is 10.7 Å². The van der Waals surface area contributed by atoms with Crippen LogP contribution in [0.1, 0.15) is 0 Å². The van der Waals surface area contributed by atoms with Crippen molar-refractivity contribution in [3.63, 3.8) is 0 Å². The maximum absolute atomic E-state index is 9.20. The van der Waals surface area contributed by atoms with E-state index in [4.69, 9.17) is 0 Å². The van der Waals surface area contributed by atoms with Crippen LogP contribution in [0.5, 0.6) is 0 Å². The van der Waals surface area contributed by atoms with E-state index in [1.165, 1.54) is 0 Å². The molecule has 0 saturated carbocycles. The first-order valence-corrected chi connectivity index (χ1v) is 4.04. The van der Waals surface area contributed by atoms with Crippen LogP contribution in [0.25, 0.3) is 10.8 Å². The summed E-state index contributed by atoms with van der Waals surface area (Å²) < 4.78 is 0. The van der Waals surface area contributed by atoms with Crippen molar-refractivity contribution < 1.29 is 5.11 Å². The second kappa shape index (κ2) is 2.17. The number of aromatic nitrogens is 1. The molecule has 1 aliphatic rings. The topological polar surface area (TPSA) is 60.7 Å². The minimum Gasteiger partial charge on any atom is -0.366 e. The van der Waals surface area contributed by atoms with Crippen molar-refractivity contribution in [2.24, 2.45) is 9.98 Å². The molecule has 0 saturated heterocycles. The Hall–Kier alpha value is -1.68. The van der Waals surface area contributed by atoms with Crippen molar-refractivity contribution in [3.05, 3.63) is 35.2 Å². The summed E-state index contributed by atoms with van der Waals surface area (Å²) in [6, 6.07) is 3.83. The third kappa shape index (κ3) is 0.831. The molecule has 0 spiro atoms. The van der Waals surface area contributed by atoms with E-state index in [0.29, 0.717) is 0 Å². The third-order valence-corrected chi connectivity index (χ3v) is 2.20. The van der Waals surface area contributed by atoms with Crippen LogP contribution in [0.4, 0.5) is 0 Å². The molecule has 4 heteroatoms. The Labute approximate surface area is 73.3 Å². The number of rotatable bonds is 0. The molecule has 2 aromatic rings. The summed E-state index contributed by atoms with van der Waals surface area (Å²) in [5.41, 5.74) is 0. The molecule has 2 heterocycles. The van der Waals surface area contributed by atoms with Crippen molar-refractivity contribution in [1.82, 2.24) is 4.98 Å². The molecule has 0 amide bonds. The van der Waals surface area contributed by atoms with Gasteiger partial charge in [-0.15, -0.1) is 0 Å². The number of aliphatic hydroxyl groups is 1. The number of hydrogen-bond acceptors (Lipinski definition) is 3. The maximum atomic E-state index is 9.20. The van der Waals surface area contributed by atoms with E-state index in [-0.39, 0.29) is 0 Å². The van der Waals surface area contributed by atoms with Gasteiger partial charge in [-0.1, -0.05) is 6.07 Å². The zero-order valence-corrected chi connectivity index (χ0v) is 6.73. The standard InChI is InChI=1S/C9H7N3O/c13-9-11-7-2-1-5-3-10-4-6(5)8(7)12-9/h1-4,9-10,13H. The number of aromatic amines is 1. The van der Waals surface area contributed by atoms with Crippen molar-refractivity contribution in [2.45, 2.75) is 6.35 Å². The van der Waals surface area contributed by atoms with Crippen LogP contribution in [0.15, 0.2) is 34.5 Å². The molecule has 2 N–H and O–H groups in total.